The van der Waals surface area contributed by atoms with Crippen LogP contribution in [0.25, 0.3) is 0 Å². The number of fused-ring (bicyclic) bond motifs is 3. The van der Waals surface area contributed by atoms with E-state index in [4.69, 9.17) is 18.9 Å². The number of nitrogens with zero attached hydrogens (tertiary/aromatic N) is 3. The molecule has 316 valence electrons. The molecule has 0 saturated carbocycles. The smallest absolute Gasteiger partial charge is 0.327 e. The fraction of sp³-hybridized carbons (Fsp3) is 0.304. The summed E-state index contributed by atoms with van der Waals surface area (Å²) >= 11 is 0. The molecule has 1 N–H and O–H groups in total. The molecule has 62 heavy (non-hydrogen) atoms. The van der Waals surface area contributed by atoms with Crippen LogP contribution in [0.5, 0.6) is 5.75 Å². The summed E-state index contributed by atoms with van der Waals surface area (Å²) in [5, 5.41) is 3.36. The number of esters is 3. The SMILES string of the molecule is COC(=O)C1(C(=O)OC)Cc2ccc(N3C(=O)[C@H]4[C@H]([C@H]5[C@@H](N6C(=O)c7ccccc7C6=O)C(=O)N5c5ccc(OC)cc5)N[C@](Cc5ccccc5)(C(=O)OC)[C@H]4C3=O)cc2C1. The van der Waals surface area contributed by atoms with Gasteiger partial charge in [-0.25, -0.2) is 4.90 Å². The van der Waals surface area contributed by atoms with Gasteiger partial charge in [0.25, 0.3) is 17.7 Å². The number of anilines is 2. The molecule has 5 aliphatic rings. The Hall–Kier alpha value is -7.20. The summed E-state index contributed by atoms with van der Waals surface area (Å²) < 4.78 is 20.8. The van der Waals surface area contributed by atoms with E-state index in [2.05, 4.69) is 5.32 Å². The van der Waals surface area contributed by atoms with Crippen LogP contribution in [0.1, 0.15) is 37.4 Å². The Kier molecular flexibility index (Phi) is 9.58. The van der Waals surface area contributed by atoms with E-state index >= 15 is 9.59 Å². The summed E-state index contributed by atoms with van der Waals surface area (Å²) in [5.41, 5.74) is -1.21. The number of rotatable bonds is 10. The number of carbonyl (C=O) groups is 8. The molecule has 3 fully saturated rings. The number of hydrogen-bond donors (Lipinski definition) is 1. The van der Waals surface area contributed by atoms with Crippen LogP contribution in [0, 0.1) is 17.3 Å². The molecule has 0 radical (unpaired) electrons. The van der Waals surface area contributed by atoms with Crippen LogP contribution in [-0.4, -0.2) is 104 Å². The van der Waals surface area contributed by atoms with Crippen molar-refractivity contribution < 1.29 is 57.3 Å². The van der Waals surface area contributed by atoms with E-state index in [1.807, 2.05) is 0 Å². The van der Waals surface area contributed by atoms with Crippen LogP contribution < -0.4 is 19.9 Å². The zero-order valence-corrected chi connectivity index (χ0v) is 34.0. The second-order valence-corrected chi connectivity index (χ2v) is 16.1. The molecular weight excluding hydrogens is 801 g/mol. The highest BCUT2D eigenvalue weighted by Crippen LogP contribution is 2.52. The van der Waals surface area contributed by atoms with Crippen molar-refractivity contribution in [3.63, 3.8) is 0 Å². The lowest BCUT2D eigenvalue weighted by atomic mass is 9.74. The van der Waals surface area contributed by atoms with Gasteiger partial charge < -0.3 is 23.8 Å². The maximum absolute atomic E-state index is 15.3. The highest BCUT2D eigenvalue weighted by molar-refractivity contribution is 6.26. The summed E-state index contributed by atoms with van der Waals surface area (Å²) in [7, 11) is 4.99. The number of methoxy groups -OCH3 is 4. The van der Waals surface area contributed by atoms with Crippen molar-refractivity contribution in [2.45, 2.75) is 42.9 Å². The lowest BCUT2D eigenvalue weighted by Crippen LogP contribution is -2.78. The number of benzene rings is 4. The topological polar surface area (TPSA) is 195 Å². The first kappa shape index (κ1) is 40.2. The van der Waals surface area contributed by atoms with E-state index in [1.54, 1.807) is 78.9 Å². The van der Waals surface area contributed by atoms with E-state index < -0.39 is 88.4 Å². The van der Waals surface area contributed by atoms with Crippen LogP contribution in [-0.2, 0) is 62.2 Å². The van der Waals surface area contributed by atoms with Crippen LogP contribution in [0.4, 0.5) is 11.4 Å². The third kappa shape index (κ3) is 5.62. The highest BCUT2D eigenvalue weighted by atomic mass is 16.5. The fourth-order valence-electron chi connectivity index (χ4n) is 10.3. The number of hydrogen-bond acceptors (Lipinski definition) is 13. The Labute approximate surface area is 354 Å². The van der Waals surface area contributed by atoms with E-state index in [-0.39, 0.29) is 36.1 Å². The van der Waals surface area contributed by atoms with Gasteiger partial charge in [0, 0.05) is 18.2 Å². The van der Waals surface area contributed by atoms with E-state index in [9.17, 15) is 28.8 Å². The average Bonchev–Trinajstić information content (AvgIpc) is 4.00. The molecule has 5 amide bonds. The summed E-state index contributed by atoms with van der Waals surface area (Å²) in [6.45, 7) is 0. The van der Waals surface area contributed by atoms with Gasteiger partial charge in [-0.3, -0.25) is 48.6 Å². The Morgan fingerprint density at radius 3 is 1.82 bits per heavy atom. The summed E-state index contributed by atoms with van der Waals surface area (Å²) in [4.78, 5) is 117. The molecular formula is C46H40N4O12. The number of ether oxygens (including phenoxy) is 4. The second-order valence-electron chi connectivity index (χ2n) is 16.1. The van der Waals surface area contributed by atoms with Gasteiger partial charge in [0.05, 0.1) is 63.1 Å². The molecule has 4 aromatic rings. The van der Waals surface area contributed by atoms with Gasteiger partial charge >= 0.3 is 17.9 Å². The van der Waals surface area contributed by atoms with Gasteiger partial charge in [-0.1, -0.05) is 48.5 Å². The zero-order chi connectivity index (χ0) is 43.8. The molecule has 1 aliphatic carbocycles. The molecule has 0 aromatic heterocycles. The number of β-lactam (4-membered cyclic amide) rings is 1. The van der Waals surface area contributed by atoms with Gasteiger partial charge in [0.15, 0.2) is 5.41 Å². The number of imide groups is 2. The largest absolute Gasteiger partial charge is 0.497 e. The summed E-state index contributed by atoms with van der Waals surface area (Å²) in [6.07, 6.45) is -0.303. The Balaban J connectivity index is 1.19. The summed E-state index contributed by atoms with van der Waals surface area (Å²) in [6, 6.07) is 22.4. The predicted octanol–water partition coefficient (Wildman–Crippen LogP) is 2.44. The molecule has 0 bridgehead atoms. The van der Waals surface area contributed by atoms with Gasteiger partial charge in [0.1, 0.15) is 17.3 Å². The predicted molar refractivity (Wildman–Crippen MR) is 217 cm³/mol. The fourth-order valence-corrected chi connectivity index (χ4v) is 10.3. The molecule has 4 aliphatic heterocycles. The van der Waals surface area contributed by atoms with Crippen LogP contribution in [0.15, 0.2) is 97.1 Å². The monoisotopic (exact) mass is 840 g/mol. The first-order valence-electron chi connectivity index (χ1n) is 19.9. The quantitative estimate of drug-likeness (QED) is 0.0805. The van der Waals surface area contributed by atoms with E-state index in [0.29, 0.717) is 28.1 Å². The Morgan fingerprint density at radius 2 is 1.23 bits per heavy atom. The van der Waals surface area contributed by atoms with Gasteiger partial charge in [-0.15, -0.1) is 0 Å². The number of amides is 5. The molecule has 9 rings (SSSR count). The van der Waals surface area contributed by atoms with Crippen molar-refractivity contribution in [2.24, 2.45) is 17.3 Å². The van der Waals surface area contributed by atoms with Crippen LogP contribution in [0.3, 0.4) is 0 Å². The zero-order valence-electron chi connectivity index (χ0n) is 34.0. The van der Waals surface area contributed by atoms with Crippen molar-refractivity contribution in [3.05, 3.63) is 125 Å². The minimum atomic E-state index is -1.91. The standard InChI is InChI=1S/C46H40N4O12/c1-59-29-18-16-27(17-19-29)48-35(36(41(48)55)50-37(51)30-12-8-9-13-31(30)38(50)52)34-32-33(46(47-34,44(58)62-4)21-24-10-6-5-7-11-24)40(54)49(39(32)53)28-15-14-25-22-45(42(56)60-2,43(57)61-3)23-26(25)20-28/h5-20,32-36,47H,21-23H2,1-4H3/t32-,33-,34-,35+,36-,46+/m1/s1. The highest BCUT2D eigenvalue weighted by Gasteiger charge is 2.73. The maximum atomic E-state index is 15.3. The van der Waals surface area contributed by atoms with Crippen molar-refractivity contribution in [1.82, 2.24) is 10.2 Å². The number of nitrogens with one attached hydrogen (secondary N) is 1. The second kappa shape index (κ2) is 14.8. The molecule has 16 nitrogen and oxygen atoms in total. The lowest BCUT2D eigenvalue weighted by molar-refractivity contribution is -0.168. The van der Waals surface area contributed by atoms with Crippen molar-refractivity contribution in [3.8, 4) is 5.75 Å². The van der Waals surface area contributed by atoms with Crippen molar-refractivity contribution >= 4 is 58.8 Å². The minimum absolute atomic E-state index is 0.0419. The van der Waals surface area contributed by atoms with Gasteiger partial charge in [-0.2, -0.15) is 0 Å². The van der Waals surface area contributed by atoms with Crippen LogP contribution >= 0.6 is 0 Å². The first-order valence-corrected chi connectivity index (χ1v) is 19.9. The maximum Gasteiger partial charge on any atom is 0.327 e. The summed E-state index contributed by atoms with van der Waals surface area (Å²) in [5.74, 6) is -8.26. The molecule has 4 aromatic carbocycles. The Bertz CT molecular complexity index is 2560. The van der Waals surface area contributed by atoms with Crippen molar-refractivity contribution in [1.29, 1.82) is 0 Å². The average molecular weight is 841 g/mol. The third-order valence-corrected chi connectivity index (χ3v) is 13.1. The molecule has 0 spiro atoms. The molecule has 0 unspecified atom stereocenters. The first-order chi connectivity index (χ1) is 29.8. The van der Waals surface area contributed by atoms with Gasteiger partial charge in [0.2, 0.25) is 11.8 Å². The minimum Gasteiger partial charge on any atom is -0.497 e. The normalized spacial score (nSPS) is 25.6. The third-order valence-electron chi connectivity index (χ3n) is 13.1. The van der Waals surface area contributed by atoms with Gasteiger partial charge in [-0.05, 0) is 78.1 Å². The van der Waals surface area contributed by atoms with E-state index in [0.717, 1.165) is 9.80 Å². The lowest BCUT2D eigenvalue weighted by Gasteiger charge is -2.53. The molecule has 3 saturated heterocycles. The van der Waals surface area contributed by atoms with E-state index in [1.165, 1.54) is 51.5 Å². The molecule has 4 heterocycles. The molecule has 16 heteroatoms. The molecule has 6 atom stereocenters. The van der Waals surface area contributed by atoms with Crippen molar-refractivity contribution in [2.75, 3.05) is 38.2 Å². The number of carbonyl (C=O) groups excluding carboxylic acids is 8. The van der Waals surface area contributed by atoms with Crippen LogP contribution in [0.2, 0.25) is 0 Å². The Morgan fingerprint density at radius 1 is 0.645 bits per heavy atom.